The van der Waals surface area contributed by atoms with Gasteiger partial charge < -0.3 is 0 Å². The lowest BCUT2D eigenvalue weighted by molar-refractivity contribution is 1.32. The SMILES string of the molecule is Clc1ccc2ncc(Br)c(Cl)c2n1. The second-order valence-electron chi connectivity index (χ2n) is 2.42. The molecule has 2 aromatic heterocycles. The number of hydrogen-bond donors (Lipinski definition) is 0. The van der Waals surface area contributed by atoms with E-state index in [2.05, 4.69) is 25.9 Å². The van der Waals surface area contributed by atoms with Crippen molar-refractivity contribution in [2.24, 2.45) is 0 Å². The van der Waals surface area contributed by atoms with E-state index in [4.69, 9.17) is 23.2 Å². The fourth-order valence-electron chi connectivity index (χ4n) is 0.990. The number of halogens is 3. The Kier molecular flexibility index (Phi) is 2.41. The van der Waals surface area contributed by atoms with Crippen LogP contribution in [0.25, 0.3) is 11.0 Å². The van der Waals surface area contributed by atoms with Crippen molar-refractivity contribution in [3.63, 3.8) is 0 Å². The Hall–Kier alpha value is -0.380. The van der Waals surface area contributed by atoms with Crippen molar-refractivity contribution >= 4 is 50.2 Å². The van der Waals surface area contributed by atoms with Crippen LogP contribution < -0.4 is 0 Å². The van der Waals surface area contributed by atoms with Crippen LogP contribution >= 0.6 is 39.1 Å². The van der Waals surface area contributed by atoms with Crippen LogP contribution in [0.3, 0.4) is 0 Å². The Labute approximate surface area is 93.0 Å². The molecule has 66 valence electrons. The Morgan fingerprint density at radius 1 is 1.23 bits per heavy atom. The summed E-state index contributed by atoms with van der Waals surface area (Å²) in [5.74, 6) is 0. The van der Waals surface area contributed by atoms with Crippen molar-refractivity contribution in [3.05, 3.63) is 33.0 Å². The van der Waals surface area contributed by atoms with E-state index in [1.807, 2.05) is 0 Å². The van der Waals surface area contributed by atoms with Crippen LogP contribution in [0.2, 0.25) is 10.2 Å². The molecule has 0 amide bonds. The highest BCUT2D eigenvalue weighted by Gasteiger charge is 2.05. The van der Waals surface area contributed by atoms with E-state index in [1.165, 1.54) is 0 Å². The minimum Gasteiger partial charge on any atom is -0.253 e. The number of nitrogens with zero attached hydrogens (tertiary/aromatic N) is 2. The molecule has 0 aliphatic heterocycles. The fraction of sp³-hybridized carbons (Fsp3) is 0. The first-order valence-corrected chi connectivity index (χ1v) is 4.99. The predicted molar refractivity (Wildman–Crippen MR) is 57.3 cm³/mol. The third kappa shape index (κ3) is 1.64. The van der Waals surface area contributed by atoms with Crippen molar-refractivity contribution in [3.8, 4) is 0 Å². The summed E-state index contributed by atoms with van der Waals surface area (Å²) in [5, 5.41) is 0.946. The zero-order chi connectivity index (χ0) is 9.42. The van der Waals surface area contributed by atoms with Crippen LogP contribution in [-0.4, -0.2) is 9.97 Å². The molecule has 2 nitrogen and oxygen atoms in total. The highest BCUT2D eigenvalue weighted by atomic mass is 79.9. The van der Waals surface area contributed by atoms with Gasteiger partial charge in [0.1, 0.15) is 10.7 Å². The summed E-state index contributed by atoms with van der Waals surface area (Å²) in [4.78, 5) is 8.21. The first-order chi connectivity index (χ1) is 6.18. The van der Waals surface area contributed by atoms with Gasteiger partial charge in [-0.05, 0) is 28.1 Å². The Morgan fingerprint density at radius 2 is 2.00 bits per heavy atom. The Balaban J connectivity index is 2.89. The van der Waals surface area contributed by atoms with Gasteiger partial charge in [-0.3, -0.25) is 4.98 Å². The molecule has 0 bridgehead atoms. The van der Waals surface area contributed by atoms with Gasteiger partial charge in [0.2, 0.25) is 0 Å². The van der Waals surface area contributed by atoms with Gasteiger partial charge in [0, 0.05) is 6.20 Å². The highest BCUT2D eigenvalue weighted by molar-refractivity contribution is 9.10. The molecular weight excluding hydrogens is 275 g/mol. The lowest BCUT2D eigenvalue weighted by Gasteiger charge is -2.00. The van der Waals surface area contributed by atoms with Crippen LogP contribution in [0.1, 0.15) is 0 Å². The molecule has 0 N–H and O–H groups in total. The maximum atomic E-state index is 5.99. The second kappa shape index (κ2) is 3.40. The van der Waals surface area contributed by atoms with Crippen molar-refractivity contribution in [1.82, 2.24) is 9.97 Å². The molecule has 0 fully saturated rings. The maximum Gasteiger partial charge on any atom is 0.129 e. The number of fused-ring (bicyclic) bond motifs is 1. The van der Waals surface area contributed by atoms with Gasteiger partial charge in [0.25, 0.3) is 0 Å². The molecule has 0 saturated carbocycles. The number of pyridine rings is 2. The minimum atomic E-state index is 0.411. The number of rotatable bonds is 0. The summed E-state index contributed by atoms with van der Waals surface area (Å²) >= 11 is 15.0. The van der Waals surface area contributed by atoms with E-state index >= 15 is 0 Å². The molecule has 0 saturated heterocycles. The zero-order valence-corrected chi connectivity index (χ0v) is 9.36. The van der Waals surface area contributed by atoms with Gasteiger partial charge in [-0.25, -0.2) is 4.98 Å². The van der Waals surface area contributed by atoms with Gasteiger partial charge >= 0.3 is 0 Å². The molecule has 2 aromatic rings. The van der Waals surface area contributed by atoms with E-state index in [0.717, 1.165) is 9.99 Å². The van der Waals surface area contributed by atoms with Crippen molar-refractivity contribution in [2.75, 3.05) is 0 Å². The van der Waals surface area contributed by atoms with Crippen LogP contribution in [0.4, 0.5) is 0 Å². The van der Waals surface area contributed by atoms with Gasteiger partial charge in [0.15, 0.2) is 0 Å². The van der Waals surface area contributed by atoms with Crippen LogP contribution in [0.5, 0.6) is 0 Å². The summed E-state index contributed by atoms with van der Waals surface area (Å²) in [5.41, 5.74) is 1.35. The van der Waals surface area contributed by atoms with E-state index < -0.39 is 0 Å². The molecule has 13 heavy (non-hydrogen) atoms. The van der Waals surface area contributed by atoms with E-state index in [9.17, 15) is 0 Å². The van der Waals surface area contributed by atoms with Crippen molar-refractivity contribution < 1.29 is 0 Å². The molecule has 0 aliphatic rings. The summed E-state index contributed by atoms with van der Waals surface area (Å²) in [6, 6.07) is 3.46. The van der Waals surface area contributed by atoms with Crippen LogP contribution in [0.15, 0.2) is 22.8 Å². The monoisotopic (exact) mass is 276 g/mol. The first kappa shape index (κ1) is 9.19. The normalized spacial score (nSPS) is 10.7. The molecule has 5 heteroatoms. The van der Waals surface area contributed by atoms with Crippen molar-refractivity contribution in [2.45, 2.75) is 0 Å². The minimum absolute atomic E-state index is 0.411. The molecule has 0 radical (unpaired) electrons. The third-order valence-electron chi connectivity index (χ3n) is 1.57. The maximum absolute atomic E-state index is 5.99. The topological polar surface area (TPSA) is 25.8 Å². The molecule has 0 atom stereocenters. The summed E-state index contributed by atoms with van der Waals surface area (Å²) in [6.45, 7) is 0. The Morgan fingerprint density at radius 3 is 2.77 bits per heavy atom. The average molecular weight is 278 g/mol. The van der Waals surface area contributed by atoms with Gasteiger partial charge in [-0.2, -0.15) is 0 Å². The summed E-state index contributed by atoms with van der Waals surface area (Å²) in [7, 11) is 0. The quantitative estimate of drug-likeness (QED) is 0.686. The summed E-state index contributed by atoms with van der Waals surface area (Å²) in [6.07, 6.45) is 1.64. The highest BCUT2D eigenvalue weighted by Crippen LogP contribution is 2.28. The molecule has 0 aromatic carbocycles. The smallest absolute Gasteiger partial charge is 0.129 e. The van der Waals surface area contributed by atoms with Crippen molar-refractivity contribution in [1.29, 1.82) is 0 Å². The molecule has 0 unspecified atom stereocenters. The van der Waals surface area contributed by atoms with Gasteiger partial charge in [0.05, 0.1) is 15.0 Å². The third-order valence-corrected chi connectivity index (χ3v) is 3.00. The zero-order valence-electron chi connectivity index (χ0n) is 6.26. The summed E-state index contributed by atoms with van der Waals surface area (Å²) < 4.78 is 0.719. The lowest BCUT2D eigenvalue weighted by Crippen LogP contribution is -1.85. The molecular formula is C8H3BrCl2N2. The van der Waals surface area contributed by atoms with Gasteiger partial charge in [-0.15, -0.1) is 0 Å². The second-order valence-corrected chi connectivity index (χ2v) is 4.04. The van der Waals surface area contributed by atoms with Crippen LogP contribution in [-0.2, 0) is 0 Å². The predicted octanol–water partition coefficient (Wildman–Crippen LogP) is 3.70. The molecule has 0 spiro atoms. The number of aromatic nitrogens is 2. The average Bonchev–Trinajstić information content (AvgIpc) is 2.12. The largest absolute Gasteiger partial charge is 0.253 e. The van der Waals surface area contributed by atoms with E-state index in [0.29, 0.717) is 15.7 Å². The lowest BCUT2D eigenvalue weighted by atomic mass is 10.3. The van der Waals surface area contributed by atoms with E-state index in [1.54, 1.807) is 18.3 Å². The fourth-order valence-corrected chi connectivity index (χ4v) is 1.62. The standard InChI is InChI=1S/C8H3BrCl2N2/c9-4-3-12-5-1-2-6(10)13-8(5)7(4)11/h1-3H. The number of hydrogen-bond acceptors (Lipinski definition) is 2. The van der Waals surface area contributed by atoms with Crippen LogP contribution in [0, 0.1) is 0 Å². The first-order valence-electron chi connectivity index (χ1n) is 3.45. The van der Waals surface area contributed by atoms with Gasteiger partial charge in [-0.1, -0.05) is 23.2 Å². The Bertz CT molecular complexity index is 468. The molecule has 2 rings (SSSR count). The van der Waals surface area contributed by atoms with E-state index in [-0.39, 0.29) is 0 Å². The molecule has 2 heterocycles. The molecule has 0 aliphatic carbocycles.